The molecule has 1 aromatic rings. The van der Waals surface area contributed by atoms with Crippen LogP contribution in [0.4, 0.5) is 0 Å². The second-order valence-corrected chi connectivity index (χ2v) is 4.39. The number of carbonyl (C=O) groups is 2. The molecule has 8 heteroatoms. The van der Waals surface area contributed by atoms with Crippen molar-refractivity contribution in [1.82, 2.24) is 9.88 Å². The third kappa shape index (κ3) is 4.31. The summed E-state index contributed by atoms with van der Waals surface area (Å²) in [5, 5.41) is 18.7. The summed E-state index contributed by atoms with van der Waals surface area (Å²) >= 11 is 0.974. The number of carboxylic acid groups (broad SMARTS) is 1. The topological polar surface area (TPSA) is 104 Å². The molecular formula is C11H13N3O4S. The predicted molar refractivity (Wildman–Crippen MR) is 67.1 cm³/mol. The van der Waals surface area contributed by atoms with E-state index in [1.807, 2.05) is 6.07 Å². The van der Waals surface area contributed by atoms with Crippen LogP contribution in [0.5, 0.6) is 0 Å². The van der Waals surface area contributed by atoms with Crippen LogP contribution >= 0.6 is 11.3 Å². The van der Waals surface area contributed by atoms with E-state index in [-0.39, 0.29) is 29.6 Å². The second-order valence-electron chi connectivity index (χ2n) is 3.54. The Bertz CT molecular complexity index is 494. The van der Waals surface area contributed by atoms with E-state index in [2.05, 4.69) is 4.98 Å². The zero-order valence-electron chi connectivity index (χ0n) is 10.3. The monoisotopic (exact) mass is 283 g/mol. The molecule has 0 saturated carbocycles. The summed E-state index contributed by atoms with van der Waals surface area (Å²) < 4.78 is 4.89. The van der Waals surface area contributed by atoms with E-state index in [9.17, 15) is 9.59 Å². The highest BCUT2D eigenvalue weighted by atomic mass is 32.1. The maximum Gasteiger partial charge on any atom is 0.355 e. The Morgan fingerprint density at radius 2 is 2.32 bits per heavy atom. The van der Waals surface area contributed by atoms with Crippen molar-refractivity contribution in [3.63, 3.8) is 0 Å². The number of rotatable bonds is 7. The van der Waals surface area contributed by atoms with E-state index in [1.165, 1.54) is 17.4 Å². The van der Waals surface area contributed by atoms with Crippen LogP contribution in [0, 0.1) is 11.3 Å². The van der Waals surface area contributed by atoms with Crippen molar-refractivity contribution in [2.75, 3.05) is 26.8 Å². The molecule has 1 aromatic heterocycles. The average Bonchev–Trinajstić information content (AvgIpc) is 2.88. The molecule has 0 unspecified atom stereocenters. The van der Waals surface area contributed by atoms with Gasteiger partial charge in [0.1, 0.15) is 0 Å². The first-order valence-corrected chi connectivity index (χ1v) is 6.32. The molecular weight excluding hydrogens is 270 g/mol. The Balaban J connectivity index is 2.78. The molecule has 0 aliphatic carbocycles. The van der Waals surface area contributed by atoms with Crippen molar-refractivity contribution in [1.29, 1.82) is 5.26 Å². The van der Waals surface area contributed by atoms with Gasteiger partial charge in [-0.05, 0) is 0 Å². The molecule has 1 N–H and O–H groups in total. The van der Waals surface area contributed by atoms with Crippen LogP contribution in [0.2, 0.25) is 0 Å². The number of aromatic nitrogens is 1. The molecule has 7 nitrogen and oxygen atoms in total. The summed E-state index contributed by atoms with van der Waals surface area (Å²) in [6, 6.07) is 1.96. The van der Waals surface area contributed by atoms with Gasteiger partial charge in [0.15, 0.2) is 10.7 Å². The van der Waals surface area contributed by atoms with Gasteiger partial charge in [-0.2, -0.15) is 5.26 Å². The van der Waals surface area contributed by atoms with Gasteiger partial charge in [0.2, 0.25) is 0 Å². The highest BCUT2D eigenvalue weighted by molar-refractivity contribution is 7.11. The Morgan fingerprint density at radius 1 is 1.58 bits per heavy atom. The molecule has 0 bridgehead atoms. The number of carboxylic acids is 1. The van der Waals surface area contributed by atoms with Crippen molar-refractivity contribution in [2.45, 2.75) is 6.42 Å². The van der Waals surface area contributed by atoms with Crippen molar-refractivity contribution >= 4 is 23.2 Å². The smallest absolute Gasteiger partial charge is 0.355 e. The van der Waals surface area contributed by atoms with Crippen LogP contribution in [-0.4, -0.2) is 53.7 Å². The molecule has 0 aromatic carbocycles. The van der Waals surface area contributed by atoms with Crippen molar-refractivity contribution in [3.8, 4) is 6.07 Å². The zero-order valence-corrected chi connectivity index (χ0v) is 11.1. The Hall–Kier alpha value is -1.98. The van der Waals surface area contributed by atoms with E-state index < -0.39 is 5.97 Å². The Morgan fingerprint density at radius 3 is 2.84 bits per heavy atom. The van der Waals surface area contributed by atoms with Gasteiger partial charge in [-0.3, -0.25) is 4.79 Å². The fourth-order valence-electron chi connectivity index (χ4n) is 1.31. The van der Waals surface area contributed by atoms with Crippen LogP contribution in [0.15, 0.2) is 5.38 Å². The minimum Gasteiger partial charge on any atom is -0.476 e. The highest BCUT2D eigenvalue weighted by Gasteiger charge is 2.20. The molecule has 0 aliphatic rings. The van der Waals surface area contributed by atoms with Crippen molar-refractivity contribution < 1.29 is 19.4 Å². The first-order valence-electron chi connectivity index (χ1n) is 5.44. The number of thiazole rings is 1. The van der Waals surface area contributed by atoms with E-state index in [0.29, 0.717) is 13.2 Å². The molecule has 1 rings (SSSR count). The normalized spacial score (nSPS) is 9.89. The summed E-state index contributed by atoms with van der Waals surface area (Å²) in [5.41, 5.74) is -0.152. The number of amides is 1. The number of nitrogens with zero attached hydrogens (tertiary/aromatic N) is 3. The lowest BCUT2D eigenvalue weighted by Gasteiger charge is -2.19. The lowest BCUT2D eigenvalue weighted by molar-refractivity contribution is 0.0689. The van der Waals surface area contributed by atoms with Gasteiger partial charge in [-0.1, -0.05) is 0 Å². The van der Waals surface area contributed by atoms with E-state index in [4.69, 9.17) is 15.1 Å². The van der Waals surface area contributed by atoms with Crippen LogP contribution in [-0.2, 0) is 4.74 Å². The summed E-state index contributed by atoms with van der Waals surface area (Å²) in [5.74, 6) is -1.56. The predicted octanol–water partition coefficient (Wildman–Crippen LogP) is 0.844. The second kappa shape index (κ2) is 7.45. The van der Waals surface area contributed by atoms with Gasteiger partial charge < -0.3 is 14.7 Å². The van der Waals surface area contributed by atoms with Crippen molar-refractivity contribution in [3.05, 3.63) is 16.1 Å². The minimum atomic E-state index is -1.17. The third-order valence-corrected chi connectivity index (χ3v) is 3.08. The maximum atomic E-state index is 12.1. The molecule has 19 heavy (non-hydrogen) atoms. The van der Waals surface area contributed by atoms with Crippen molar-refractivity contribution in [2.24, 2.45) is 0 Å². The van der Waals surface area contributed by atoms with Crippen LogP contribution in [0.1, 0.15) is 26.7 Å². The first-order chi connectivity index (χ1) is 9.10. The third-order valence-electron chi connectivity index (χ3n) is 2.25. The SMILES string of the molecule is COCCN(CCC#N)C(=O)c1nc(C(=O)O)cs1. The average molecular weight is 283 g/mol. The molecule has 102 valence electrons. The lowest BCUT2D eigenvalue weighted by atomic mass is 10.3. The summed E-state index contributed by atoms with van der Waals surface area (Å²) in [6.07, 6.45) is 0.201. The van der Waals surface area contributed by atoms with Gasteiger partial charge in [-0.25, -0.2) is 9.78 Å². The van der Waals surface area contributed by atoms with Gasteiger partial charge in [0.05, 0.1) is 19.1 Å². The largest absolute Gasteiger partial charge is 0.476 e. The van der Waals surface area contributed by atoms with E-state index in [0.717, 1.165) is 11.3 Å². The van der Waals surface area contributed by atoms with Crippen LogP contribution in [0.3, 0.4) is 0 Å². The molecule has 0 aliphatic heterocycles. The van der Waals surface area contributed by atoms with Gasteiger partial charge in [0.25, 0.3) is 5.91 Å². The fourth-order valence-corrected chi connectivity index (χ4v) is 2.06. The van der Waals surface area contributed by atoms with Crippen LogP contribution in [0.25, 0.3) is 0 Å². The van der Waals surface area contributed by atoms with E-state index in [1.54, 1.807) is 0 Å². The summed E-state index contributed by atoms with van der Waals surface area (Å²) in [6.45, 7) is 0.938. The molecule has 0 radical (unpaired) electrons. The Kier molecular flexibility index (Phi) is 5.92. The van der Waals surface area contributed by atoms with Gasteiger partial charge in [-0.15, -0.1) is 11.3 Å². The van der Waals surface area contributed by atoms with Crippen LogP contribution < -0.4 is 0 Å². The van der Waals surface area contributed by atoms with Gasteiger partial charge in [0, 0.05) is 25.6 Å². The van der Waals surface area contributed by atoms with Gasteiger partial charge >= 0.3 is 5.97 Å². The quantitative estimate of drug-likeness (QED) is 0.795. The number of nitriles is 1. The molecule has 0 spiro atoms. The first kappa shape index (κ1) is 15.1. The number of ether oxygens (including phenoxy) is 1. The molecule has 1 amide bonds. The lowest BCUT2D eigenvalue weighted by Crippen LogP contribution is -2.34. The number of hydrogen-bond acceptors (Lipinski definition) is 6. The Labute approximate surface area is 114 Å². The summed E-state index contributed by atoms with van der Waals surface area (Å²) in [4.78, 5) is 28.0. The molecule has 0 fully saturated rings. The summed E-state index contributed by atoms with van der Waals surface area (Å²) in [7, 11) is 1.51. The highest BCUT2D eigenvalue weighted by Crippen LogP contribution is 2.13. The molecule has 0 atom stereocenters. The number of hydrogen-bond donors (Lipinski definition) is 1. The minimum absolute atomic E-state index is 0.103. The van der Waals surface area contributed by atoms with E-state index >= 15 is 0 Å². The molecule has 0 saturated heterocycles. The molecule has 1 heterocycles. The number of methoxy groups -OCH3 is 1. The fraction of sp³-hybridized carbons (Fsp3) is 0.455. The number of carbonyl (C=O) groups excluding carboxylic acids is 1. The zero-order chi connectivity index (χ0) is 14.3. The number of aromatic carboxylic acids is 1. The maximum absolute atomic E-state index is 12.1. The standard InChI is InChI=1S/C11H13N3O4S/c1-18-6-5-14(4-2-3-12)10(15)9-13-8(7-19-9)11(16)17/h7H,2,4-6H2,1H3,(H,16,17).